The van der Waals surface area contributed by atoms with Gasteiger partial charge in [0, 0.05) is 75.6 Å². The van der Waals surface area contributed by atoms with Crippen LogP contribution in [0.15, 0.2) is 48.5 Å². The third-order valence-corrected chi connectivity index (χ3v) is 10.0. The number of ether oxygens (including phenoxy) is 2. The fourth-order valence-electron chi connectivity index (χ4n) is 7.47. The van der Waals surface area contributed by atoms with Gasteiger partial charge in [-0.05, 0) is 70.7 Å². The number of carbonyl (C=O) groups excluding carboxylic acids is 2. The second-order valence-electron chi connectivity index (χ2n) is 14.4. The number of hydrogen-bond acceptors (Lipinski definition) is 7. The molecule has 2 aromatic rings. The second kappa shape index (κ2) is 14.0. The SMILES string of the molecule is CC(C)(C)OC(=O)N1CCC(N2CC[C@@H](CN3CCN(c4cccc5c4CCN5C(=O)OCc4ccccc4)CC3)C(F)(F)C2)CC1. The molecule has 4 aliphatic heterocycles. The number of carbonyl (C=O) groups is 2. The molecule has 6 rings (SSSR count). The van der Waals surface area contributed by atoms with Crippen LogP contribution >= 0.6 is 0 Å². The second-order valence-corrected chi connectivity index (χ2v) is 14.4. The van der Waals surface area contributed by atoms with E-state index in [1.807, 2.05) is 68.1 Å². The molecule has 1 atom stereocenters. The Balaban J connectivity index is 0.970. The predicted octanol–water partition coefficient (Wildman–Crippen LogP) is 5.86. The highest BCUT2D eigenvalue weighted by Gasteiger charge is 2.47. The molecule has 2 aromatic carbocycles. The summed E-state index contributed by atoms with van der Waals surface area (Å²) in [6.07, 6.45) is 1.96. The number of anilines is 2. The largest absolute Gasteiger partial charge is 0.444 e. The minimum absolute atomic E-state index is 0.0679. The van der Waals surface area contributed by atoms with Crippen LogP contribution in [0.4, 0.5) is 29.7 Å². The van der Waals surface area contributed by atoms with E-state index in [1.165, 1.54) is 0 Å². The van der Waals surface area contributed by atoms with E-state index in [0.29, 0.717) is 52.0 Å². The number of piperidine rings is 2. The van der Waals surface area contributed by atoms with Gasteiger partial charge in [-0.15, -0.1) is 0 Å². The Morgan fingerprint density at radius 1 is 0.830 bits per heavy atom. The van der Waals surface area contributed by atoms with Gasteiger partial charge >= 0.3 is 12.2 Å². The maximum Gasteiger partial charge on any atom is 0.414 e. The lowest BCUT2D eigenvalue weighted by molar-refractivity contribution is -0.129. The van der Waals surface area contributed by atoms with Crippen LogP contribution in [0.1, 0.15) is 51.2 Å². The first-order valence-corrected chi connectivity index (χ1v) is 17.1. The minimum atomic E-state index is -2.75. The van der Waals surface area contributed by atoms with Gasteiger partial charge in [-0.1, -0.05) is 36.4 Å². The summed E-state index contributed by atoms with van der Waals surface area (Å²) in [5, 5.41) is 0. The number of fused-ring (bicyclic) bond motifs is 1. The van der Waals surface area contributed by atoms with Gasteiger partial charge in [0.05, 0.1) is 12.2 Å². The maximum absolute atomic E-state index is 15.6. The Morgan fingerprint density at radius 3 is 2.21 bits per heavy atom. The van der Waals surface area contributed by atoms with Crippen molar-refractivity contribution < 1.29 is 27.8 Å². The fourth-order valence-corrected chi connectivity index (χ4v) is 7.47. The summed E-state index contributed by atoms with van der Waals surface area (Å²) >= 11 is 0. The minimum Gasteiger partial charge on any atom is -0.444 e. The quantitative estimate of drug-likeness (QED) is 0.387. The highest BCUT2D eigenvalue weighted by molar-refractivity contribution is 5.92. The lowest BCUT2D eigenvalue weighted by atomic mass is 9.89. The Hall–Kier alpha value is -3.44. The van der Waals surface area contributed by atoms with Gasteiger partial charge in [-0.2, -0.15) is 0 Å². The van der Waals surface area contributed by atoms with Crippen LogP contribution in [0.25, 0.3) is 0 Å². The number of likely N-dealkylation sites (tertiary alicyclic amines) is 2. The van der Waals surface area contributed by atoms with E-state index >= 15 is 8.78 Å². The molecule has 0 saturated carbocycles. The number of benzene rings is 2. The Morgan fingerprint density at radius 2 is 1.53 bits per heavy atom. The molecule has 0 radical (unpaired) electrons. The molecule has 9 nitrogen and oxygen atoms in total. The molecule has 0 bridgehead atoms. The Labute approximate surface area is 277 Å². The van der Waals surface area contributed by atoms with Gasteiger partial charge in [0.25, 0.3) is 5.92 Å². The first kappa shape index (κ1) is 33.5. The number of piperazine rings is 1. The summed E-state index contributed by atoms with van der Waals surface area (Å²) in [6.45, 7) is 11.3. The molecule has 256 valence electrons. The van der Waals surface area contributed by atoms with Crippen LogP contribution in [-0.2, 0) is 22.5 Å². The number of halogens is 2. The van der Waals surface area contributed by atoms with Crippen molar-refractivity contribution >= 4 is 23.6 Å². The summed E-state index contributed by atoms with van der Waals surface area (Å²) in [5.41, 5.74) is 3.57. The van der Waals surface area contributed by atoms with E-state index in [4.69, 9.17) is 9.47 Å². The molecule has 0 spiro atoms. The highest BCUT2D eigenvalue weighted by Crippen LogP contribution is 2.38. The van der Waals surface area contributed by atoms with Gasteiger partial charge in [-0.25, -0.2) is 18.4 Å². The average molecular weight is 654 g/mol. The first-order chi connectivity index (χ1) is 22.5. The van der Waals surface area contributed by atoms with Crippen molar-refractivity contribution in [2.45, 2.75) is 70.6 Å². The predicted molar refractivity (Wildman–Crippen MR) is 178 cm³/mol. The van der Waals surface area contributed by atoms with Gasteiger partial charge in [-0.3, -0.25) is 14.7 Å². The number of hydrogen-bond donors (Lipinski definition) is 0. The van der Waals surface area contributed by atoms with Crippen LogP contribution in [-0.4, -0.2) is 110 Å². The molecule has 0 unspecified atom stereocenters. The maximum atomic E-state index is 15.6. The fraction of sp³-hybridized carbons (Fsp3) is 0.611. The van der Waals surface area contributed by atoms with Gasteiger partial charge in [0.2, 0.25) is 0 Å². The molecule has 4 heterocycles. The zero-order valence-corrected chi connectivity index (χ0v) is 28.0. The number of rotatable bonds is 6. The summed E-state index contributed by atoms with van der Waals surface area (Å²) < 4.78 is 42.2. The van der Waals surface area contributed by atoms with Crippen molar-refractivity contribution in [3.63, 3.8) is 0 Å². The van der Waals surface area contributed by atoms with Crippen molar-refractivity contribution in [1.29, 1.82) is 0 Å². The lowest BCUT2D eigenvalue weighted by Crippen LogP contribution is -2.58. The number of nitrogens with zero attached hydrogens (tertiary/aromatic N) is 5. The zero-order chi connectivity index (χ0) is 33.2. The number of alkyl halides is 2. The molecule has 0 aromatic heterocycles. The molecule has 3 saturated heterocycles. The molecule has 2 amide bonds. The van der Waals surface area contributed by atoms with Gasteiger partial charge in [0.15, 0.2) is 0 Å². The van der Waals surface area contributed by atoms with E-state index in [1.54, 1.807) is 9.80 Å². The highest BCUT2D eigenvalue weighted by atomic mass is 19.3. The molecule has 11 heteroatoms. The molecule has 47 heavy (non-hydrogen) atoms. The molecule has 0 aliphatic carbocycles. The molecule has 4 aliphatic rings. The van der Waals surface area contributed by atoms with Gasteiger partial charge in [0.1, 0.15) is 12.2 Å². The van der Waals surface area contributed by atoms with Crippen molar-refractivity contribution in [2.75, 3.05) is 75.2 Å². The van der Waals surface area contributed by atoms with E-state index in [0.717, 1.165) is 55.1 Å². The van der Waals surface area contributed by atoms with Crippen LogP contribution in [0, 0.1) is 5.92 Å². The third kappa shape index (κ3) is 8.00. The van der Waals surface area contributed by atoms with Crippen LogP contribution < -0.4 is 9.80 Å². The topological polar surface area (TPSA) is 68.8 Å². The van der Waals surface area contributed by atoms with E-state index in [9.17, 15) is 9.59 Å². The van der Waals surface area contributed by atoms with E-state index in [2.05, 4.69) is 15.9 Å². The van der Waals surface area contributed by atoms with E-state index < -0.39 is 17.4 Å². The Bertz CT molecular complexity index is 1390. The van der Waals surface area contributed by atoms with Crippen molar-refractivity contribution in [2.24, 2.45) is 5.92 Å². The summed E-state index contributed by atoms with van der Waals surface area (Å²) in [4.78, 5) is 35.3. The standard InChI is InChI=1S/C36H49F2N5O4/c1-35(2,3)47-33(44)41-17-13-29(14-18-41)42-16-12-28(36(37,38)26-42)24-39-20-22-40(23-21-39)31-10-7-11-32-30(31)15-19-43(32)34(45)46-25-27-8-5-4-6-9-27/h4-11,28-29H,12-26H2,1-3H3/t28-/m0/s1. The average Bonchev–Trinajstić information content (AvgIpc) is 3.49. The molecular formula is C36H49F2N5O4. The Kier molecular flexibility index (Phi) is 9.94. The normalized spacial score (nSPS) is 22.7. The summed E-state index contributed by atoms with van der Waals surface area (Å²) in [5.74, 6) is -3.42. The van der Waals surface area contributed by atoms with Crippen LogP contribution in [0.5, 0.6) is 0 Å². The first-order valence-electron chi connectivity index (χ1n) is 17.1. The number of amides is 2. The zero-order valence-electron chi connectivity index (χ0n) is 28.0. The summed E-state index contributed by atoms with van der Waals surface area (Å²) in [7, 11) is 0. The summed E-state index contributed by atoms with van der Waals surface area (Å²) in [6, 6.07) is 15.8. The molecule has 0 N–H and O–H groups in total. The third-order valence-electron chi connectivity index (χ3n) is 10.0. The lowest BCUT2D eigenvalue weighted by Gasteiger charge is -2.46. The van der Waals surface area contributed by atoms with Crippen molar-refractivity contribution in [1.82, 2.24) is 14.7 Å². The van der Waals surface area contributed by atoms with Crippen LogP contribution in [0.2, 0.25) is 0 Å². The smallest absolute Gasteiger partial charge is 0.414 e. The van der Waals surface area contributed by atoms with E-state index in [-0.39, 0.29) is 31.4 Å². The van der Waals surface area contributed by atoms with Crippen molar-refractivity contribution in [3.8, 4) is 0 Å². The molecule has 3 fully saturated rings. The van der Waals surface area contributed by atoms with Gasteiger partial charge < -0.3 is 19.3 Å². The monoisotopic (exact) mass is 653 g/mol. The molecular weight excluding hydrogens is 604 g/mol. The van der Waals surface area contributed by atoms with Crippen molar-refractivity contribution in [3.05, 3.63) is 59.7 Å². The van der Waals surface area contributed by atoms with Crippen LogP contribution in [0.3, 0.4) is 0 Å².